The zero-order valence-corrected chi connectivity index (χ0v) is 8.97. The molecule has 2 rings (SSSR count). The van der Waals surface area contributed by atoms with Gasteiger partial charge in [0, 0.05) is 12.5 Å². The number of likely N-dealkylation sites (N-methyl/N-ethyl adjacent to an activating group) is 1. The lowest BCUT2D eigenvalue weighted by molar-refractivity contribution is 0.344. The van der Waals surface area contributed by atoms with Gasteiger partial charge in [0.1, 0.15) is 18.6 Å². The second-order valence-corrected chi connectivity index (χ2v) is 3.70. The molecule has 0 saturated carbocycles. The fourth-order valence-corrected chi connectivity index (χ4v) is 1.68. The molecule has 2 heterocycles. The molecule has 0 aromatic carbocycles. The number of aliphatic imine (C=N–C) groups is 1. The molecule has 1 unspecified atom stereocenters. The quantitative estimate of drug-likeness (QED) is 0.766. The minimum Gasteiger partial charge on any atom is -0.463 e. The Labute approximate surface area is 88.7 Å². The normalized spacial score (nSPS) is 24.6. The van der Waals surface area contributed by atoms with Crippen molar-refractivity contribution in [1.82, 2.24) is 4.48 Å². The maximum absolute atomic E-state index is 9.21. The highest BCUT2D eigenvalue weighted by Gasteiger charge is 2.34. The van der Waals surface area contributed by atoms with E-state index in [1.54, 1.807) is 12.5 Å². The highest BCUT2D eigenvalue weighted by atomic mass is 16.3. The van der Waals surface area contributed by atoms with Gasteiger partial charge in [0.15, 0.2) is 12.0 Å². The van der Waals surface area contributed by atoms with Crippen molar-refractivity contribution in [3.8, 4) is 0 Å². The minimum atomic E-state index is -0.0455. The van der Waals surface area contributed by atoms with Gasteiger partial charge in [0.05, 0.1) is 13.2 Å². The number of hydrogen-bond donors (Lipinski definition) is 1. The molecule has 15 heavy (non-hydrogen) atoms. The largest absolute Gasteiger partial charge is 0.463 e. The van der Waals surface area contributed by atoms with Crippen LogP contribution >= 0.6 is 0 Å². The van der Waals surface area contributed by atoms with Crippen molar-refractivity contribution in [3.05, 3.63) is 30.5 Å². The summed E-state index contributed by atoms with van der Waals surface area (Å²) in [6.07, 6.45) is 6.23. The molecule has 1 aliphatic heterocycles. The molecule has 1 aromatic rings. The summed E-state index contributed by atoms with van der Waals surface area (Å²) < 4.78 is 5.80. The van der Waals surface area contributed by atoms with E-state index < -0.39 is 0 Å². The summed E-state index contributed by atoms with van der Waals surface area (Å²) in [5.41, 5.74) is 0.994. The number of amidine groups is 1. The van der Waals surface area contributed by atoms with Crippen LogP contribution in [0.15, 0.2) is 34.1 Å². The third-order valence-electron chi connectivity index (χ3n) is 2.79. The molecule has 0 aliphatic carbocycles. The first kappa shape index (κ1) is 10.1. The van der Waals surface area contributed by atoms with Gasteiger partial charge in [-0.2, -0.15) is 0 Å². The van der Waals surface area contributed by atoms with Gasteiger partial charge < -0.3 is 9.52 Å². The highest BCUT2D eigenvalue weighted by Crippen LogP contribution is 2.28. The molecule has 0 fully saturated rings. The predicted octanol–water partition coefficient (Wildman–Crippen LogP) is 1.65. The van der Waals surface area contributed by atoms with Crippen LogP contribution in [0.4, 0.5) is 5.69 Å². The zero-order chi connectivity index (χ0) is 10.9. The van der Waals surface area contributed by atoms with E-state index in [9.17, 15) is 5.11 Å². The van der Waals surface area contributed by atoms with Crippen molar-refractivity contribution < 1.29 is 9.52 Å². The Morgan fingerprint density at radius 3 is 2.93 bits per heavy atom. The van der Waals surface area contributed by atoms with E-state index in [4.69, 9.17) is 4.42 Å². The Morgan fingerprint density at radius 1 is 1.53 bits per heavy atom. The number of quaternary nitrogens is 1. The van der Waals surface area contributed by atoms with Crippen LogP contribution in [0.1, 0.15) is 12.7 Å². The van der Waals surface area contributed by atoms with E-state index >= 15 is 0 Å². The van der Waals surface area contributed by atoms with Gasteiger partial charge in [0.25, 0.3) is 0 Å². The van der Waals surface area contributed by atoms with Crippen molar-refractivity contribution in [3.63, 3.8) is 0 Å². The number of aryl methyl sites for hydroxylation is 1. The zero-order valence-electron chi connectivity index (χ0n) is 8.97. The van der Waals surface area contributed by atoms with Gasteiger partial charge >= 0.3 is 0 Å². The van der Waals surface area contributed by atoms with Crippen LogP contribution < -0.4 is 4.48 Å². The van der Waals surface area contributed by atoms with Crippen LogP contribution in [0.3, 0.4) is 0 Å². The van der Waals surface area contributed by atoms with Crippen molar-refractivity contribution in [2.45, 2.75) is 13.3 Å². The molecule has 1 atom stereocenters. The standard InChI is InChI=1S/C11H15N2O2/c1-3-10-6-9(8-15-10)13(2)5-4-12-11(13)7-14/h4-6,8,14H,3,7H2,1-2H3/q+1. The van der Waals surface area contributed by atoms with Gasteiger partial charge in [-0.1, -0.05) is 6.92 Å². The fraction of sp³-hybridized carbons (Fsp3) is 0.364. The smallest absolute Gasteiger partial charge is 0.238 e. The Hall–Kier alpha value is -1.39. The summed E-state index contributed by atoms with van der Waals surface area (Å²) in [6.45, 7) is 2.00. The fourth-order valence-electron chi connectivity index (χ4n) is 1.68. The maximum Gasteiger partial charge on any atom is 0.238 e. The van der Waals surface area contributed by atoms with Crippen LogP contribution in [-0.4, -0.2) is 24.6 Å². The number of hydrogen-bond acceptors (Lipinski definition) is 3. The maximum atomic E-state index is 9.21. The molecular weight excluding hydrogens is 192 g/mol. The van der Waals surface area contributed by atoms with Gasteiger partial charge in [-0.05, 0) is 0 Å². The SMILES string of the molecule is CCc1cc([N+]2(C)C=CN=C2CO)co1. The summed E-state index contributed by atoms with van der Waals surface area (Å²) in [6, 6.07) is 2.00. The van der Waals surface area contributed by atoms with Crippen LogP contribution in [0, 0.1) is 0 Å². The van der Waals surface area contributed by atoms with Crippen molar-refractivity contribution in [2.75, 3.05) is 13.7 Å². The first-order valence-corrected chi connectivity index (χ1v) is 5.00. The van der Waals surface area contributed by atoms with Crippen LogP contribution in [-0.2, 0) is 6.42 Å². The number of aliphatic hydroxyl groups is 1. The monoisotopic (exact) mass is 207 g/mol. The molecule has 4 heteroatoms. The molecule has 1 N–H and O–H groups in total. The third-order valence-corrected chi connectivity index (χ3v) is 2.79. The molecule has 1 aliphatic rings. The van der Waals surface area contributed by atoms with E-state index in [2.05, 4.69) is 4.99 Å². The Balaban J connectivity index is 2.37. The molecule has 0 saturated heterocycles. The first-order valence-electron chi connectivity index (χ1n) is 5.00. The summed E-state index contributed by atoms with van der Waals surface area (Å²) >= 11 is 0. The van der Waals surface area contributed by atoms with Crippen LogP contribution in [0.5, 0.6) is 0 Å². The molecule has 0 radical (unpaired) electrons. The molecule has 0 amide bonds. The molecule has 0 spiro atoms. The third kappa shape index (κ3) is 1.52. The lowest BCUT2D eigenvalue weighted by Crippen LogP contribution is -2.44. The van der Waals surface area contributed by atoms with Crippen LogP contribution in [0.25, 0.3) is 0 Å². The van der Waals surface area contributed by atoms with E-state index in [-0.39, 0.29) is 6.61 Å². The predicted molar refractivity (Wildman–Crippen MR) is 59.5 cm³/mol. The first-order chi connectivity index (χ1) is 7.20. The van der Waals surface area contributed by atoms with Gasteiger partial charge in [0.2, 0.25) is 5.84 Å². The average molecular weight is 207 g/mol. The summed E-state index contributed by atoms with van der Waals surface area (Å²) in [4.78, 5) is 4.14. The Morgan fingerprint density at radius 2 is 2.33 bits per heavy atom. The molecule has 0 bridgehead atoms. The van der Waals surface area contributed by atoms with Crippen molar-refractivity contribution in [1.29, 1.82) is 0 Å². The van der Waals surface area contributed by atoms with E-state index in [0.29, 0.717) is 10.3 Å². The van der Waals surface area contributed by atoms with E-state index in [1.807, 2.05) is 26.2 Å². The Bertz CT molecular complexity index is 420. The van der Waals surface area contributed by atoms with Crippen molar-refractivity contribution >= 4 is 11.5 Å². The molecule has 4 nitrogen and oxygen atoms in total. The number of aliphatic hydroxyl groups excluding tert-OH is 1. The summed E-state index contributed by atoms with van der Waals surface area (Å²) in [5, 5.41) is 9.21. The second kappa shape index (κ2) is 3.64. The van der Waals surface area contributed by atoms with Gasteiger partial charge in [-0.3, -0.25) is 0 Å². The number of rotatable bonds is 3. The summed E-state index contributed by atoms with van der Waals surface area (Å²) in [5.74, 6) is 1.65. The number of nitrogens with zero attached hydrogens (tertiary/aromatic N) is 2. The van der Waals surface area contributed by atoms with Crippen molar-refractivity contribution in [2.24, 2.45) is 4.99 Å². The molecule has 1 aromatic heterocycles. The average Bonchev–Trinajstić information content (AvgIpc) is 2.84. The van der Waals surface area contributed by atoms with E-state index in [0.717, 1.165) is 17.9 Å². The minimum absolute atomic E-state index is 0.0455. The molecular formula is C11H15N2O2+. The highest BCUT2D eigenvalue weighted by molar-refractivity contribution is 5.96. The van der Waals surface area contributed by atoms with E-state index in [1.165, 1.54) is 0 Å². The van der Waals surface area contributed by atoms with Crippen LogP contribution in [0.2, 0.25) is 0 Å². The lowest BCUT2D eigenvalue weighted by atomic mass is 10.3. The summed E-state index contributed by atoms with van der Waals surface area (Å²) in [7, 11) is 1.98. The Kier molecular flexibility index (Phi) is 2.46. The molecule has 80 valence electrons. The second-order valence-electron chi connectivity index (χ2n) is 3.70. The topological polar surface area (TPSA) is 45.7 Å². The number of furan rings is 1. The van der Waals surface area contributed by atoms with Gasteiger partial charge in [-0.15, -0.1) is 0 Å². The van der Waals surface area contributed by atoms with Gasteiger partial charge in [-0.25, -0.2) is 9.48 Å². The lowest BCUT2D eigenvalue weighted by Gasteiger charge is -2.23.